The molecule has 0 aromatic carbocycles. The van der Waals surface area contributed by atoms with Gasteiger partial charge in [0.25, 0.3) is 0 Å². The molecule has 0 aliphatic heterocycles. The molecule has 1 aliphatic carbocycles. The predicted molar refractivity (Wildman–Crippen MR) is 92.9 cm³/mol. The van der Waals surface area contributed by atoms with Crippen LogP contribution in [0.5, 0.6) is 0 Å². The highest BCUT2D eigenvalue weighted by Crippen LogP contribution is 2.31. The lowest BCUT2D eigenvalue weighted by Gasteiger charge is -2.35. The molecule has 0 heterocycles. The predicted octanol–water partition coefficient (Wildman–Crippen LogP) is 5.31. The van der Waals surface area contributed by atoms with Crippen molar-refractivity contribution in [3.8, 4) is 0 Å². The smallest absolute Gasteiger partial charge is 0.0806 e. The van der Waals surface area contributed by atoms with Gasteiger partial charge in [0.05, 0.1) is 12.2 Å². The van der Waals surface area contributed by atoms with Gasteiger partial charge in [0.2, 0.25) is 0 Å². The van der Waals surface area contributed by atoms with Gasteiger partial charge in [0.15, 0.2) is 0 Å². The minimum Gasteiger partial charge on any atom is -0.373 e. The van der Waals surface area contributed by atoms with Crippen LogP contribution in [0, 0.1) is 5.92 Å². The van der Waals surface area contributed by atoms with Crippen molar-refractivity contribution in [2.24, 2.45) is 5.92 Å². The van der Waals surface area contributed by atoms with Crippen LogP contribution in [0.1, 0.15) is 91.4 Å². The van der Waals surface area contributed by atoms with Crippen molar-refractivity contribution < 1.29 is 4.74 Å². The normalized spacial score (nSPS) is 20.1. The van der Waals surface area contributed by atoms with Crippen molar-refractivity contribution in [3.05, 3.63) is 0 Å². The third kappa shape index (κ3) is 7.65. The molecule has 2 heteroatoms. The third-order valence-electron chi connectivity index (χ3n) is 5.06. The van der Waals surface area contributed by atoms with E-state index in [-0.39, 0.29) is 5.60 Å². The first kappa shape index (κ1) is 19.0. The van der Waals surface area contributed by atoms with E-state index in [2.05, 4.69) is 26.1 Å². The van der Waals surface area contributed by atoms with Crippen LogP contribution in [-0.2, 0) is 4.74 Å². The number of rotatable bonds is 11. The number of nitrogens with one attached hydrogen (secondary N) is 1. The molecule has 1 atom stereocenters. The van der Waals surface area contributed by atoms with Crippen LogP contribution in [0.2, 0.25) is 0 Å². The quantitative estimate of drug-likeness (QED) is 0.412. The Balaban J connectivity index is 2.49. The van der Waals surface area contributed by atoms with Gasteiger partial charge in [-0.3, -0.25) is 0 Å². The van der Waals surface area contributed by atoms with Gasteiger partial charge in [-0.25, -0.2) is 0 Å². The Bertz CT molecular complexity index is 234. The van der Waals surface area contributed by atoms with Crippen molar-refractivity contribution in [3.63, 3.8) is 0 Å². The lowest BCUT2D eigenvalue weighted by molar-refractivity contribution is -0.0707. The van der Waals surface area contributed by atoms with E-state index in [1.165, 1.54) is 70.6 Å². The summed E-state index contributed by atoms with van der Waals surface area (Å²) in [5.74, 6) is 0.760. The first-order valence-corrected chi connectivity index (χ1v) is 9.61. The highest BCUT2D eigenvalue weighted by Gasteiger charge is 2.32. The Morgan fingerprint density at radius 3 is 2.29 bits per heavy atom. The van der Waals surface area contributed by atoms with Crippen molar-refractivity contribution in [2.75, 3.05) is 19.7 Å². The van der Waals surface area contributed by atoms with Gasteiger partial charge < -0.3 is 10.1 Å². The van der Waals surface area contributed by atoms with E-state index >= 15 is 0 Å². The van der Waals surface area contributed by atoms with Crippen LogP contribution < -0.4 is 5.32 Å². The lowest BCUT2D eigenvalue weighted by Crippen LogP contribution is -2.44. The van der Waals surface area contributed by atoms with Crippen LogP contribution in [0.25, 0.3) is 0 Å². The molecule has 21 heavy (non-hydrogen) atoms. The Morgan fingerprint density at radius 2 is 1.71 bits per heavy atom. The number of unbranched alkanes of at least 4 members (excludes halogenated alkanes) is 1. The van der Waals surface area contributed by atoms with Crippen LogP contribution in [0.4, 0.5) is 0 Å². The van der Waals surface area contributed by atoms with Crippen LogP contribution >= 0.6 is 0 Å². The maximum absolute atomic E-state index is 6.58. The fourth-order valence-corrected chi connectivity index (χ4v) is 3.43. The second-order valence-electron chi connectivity index (χ2n) is 7.00. The molecule has 0 bridgehead atoms. The zero-order valence-electron chi connectivity index (χ0n) is 14.9. The van der Waals surface area contributed by atoms with Crippen LogP contribution in [0.3, 0.4) is 0 Å². The number of hydrogen-bond donors (Lipinski definition) is 1. The van der Waals surface area contributed by atoms with E-state index in [0.717, 1.165) is 25.6 Å². The summed E-state index contributed by atoms with van der Waals surface area (Å²) < 4.78 is 6.58. The summed E-state index contributed by atoms with van der Waals surface area (Å²) in [6.07, 6.45) is 14.5. The van der Waals surface area contributed by atoms with Gasteiger partial charge in [-0.1, -0.05) is 65.7 Å². The number of hydrogen-bond acceptors (Lipinski definition) is 2. The van der Waals surface area contributed by atoms with E-state index in [1.807, 2.05) is 0 Å². The SMILES string of the molecule is CCCCC(CC)COC1(CNCCC)CCCCCC1. The molecule has 1 fully saturated rings. The molecule has 1 aliphatic rings. The highest BCUT2D eigenvalue weighted by molar-refractivity contribution is 4.86. The summed E-state index contributed by atoms with van der Waals surface area (Å²) >= 11 is 0. The second kappa shape index (κ2) is 11.5. The van der Waals surface area contributed by atoms with Crippen molar-refractivity contribution >= 4 is 0 Å². The first-order valence-electron chi connectivity index (χ1n) is 9.61. The van der Waals surface area contributed by atoms with E-state index in [4.69, 9.17) is 4.74 Å². The zero-order valence-corrected chi connectivity index (χ0v) is 14.9. The maximum atomic E-state index is 6.58. The minimum absolute atomic E-state index is 0.130. The van der Waals surface area contributed by atoms with Crippen LogP contribution in [0.15, 0.2) is 0 Å². The van der Waals surface area contributed by atoms with Crippen molar-refractivity contribution in [1.82, 2.24) is 5.32 Å². The molecule has 126 valence electrons. The van der Waals surface area contributed by atoms with Crippen molar-refractivity contribution in [1.29, 1.82) is 0 Å². The van der Waals surface area contributed by atoms with Gasteiger partial charge in [-0.15, -0.1) is 0 Å². The zero-order chi connectivity index (χ0) is 15.4. The molecule has 0 radical (unpaired) electrons. The Kier molecular flexibility index (Phi) is 10.4. The van der Waals surface area contributed by atoms with Gasteiger partial charge in [-0.05, 0) is 38.1 Å². The highest BCUT2D eigenvalue weighted by atomic mass is 16.5. The maximum Gasteiger partial charge on any atom is 0.0806 e. The fraction of sp³-hybridized carbons (Fsp3) is 1.00. The average Bonchev–Trinajstić information content (AvgIpc) is 2.74. The molecule has 1 rings (SSSR count). The third-order valence-corrected chi connectivity index (χ3v) is 5.06. The van der Waals surface area contributed by atoms with E-state index in [0.29, 0.717) is 0 Å². The van der Waals surface area contributed by atoms with E-state index in [1.54, 1.807) is 0 Å². The summed E-state index contributed by atoms with van der Waals surface area (Å²) in [5.41, 5.74) is 0.130. The molecule has 2 nitrogen and oxygen atoms in total. The standard InChI is InChI=1S/C19H39NO/c1-4-7-12-18(6-3)16-21-19(17-20-15-5-2)13-10-8-9-11-14-19/h18,20H,4-17H2,1-3H3. The van der Waals surface area contributed by atoms with Gasteiger partial charge >= 0.3 is 0 Å². The summed E-state index contributed by atoms with van der Waals surface area (Å²) in [4.78, 5) is 0. The first-order chi connectivity index (χ1) is 10.3. The van der Waals surface area contributed by atoms with Gasteiger partial charge in [-0.2, -0.15) is 0 Å². The van der Waals surface area contributed by atoms with E-state index < -0.39 is 0 Å². The molecule has 1 saturated carbocycles. The Hall–Kier alpha value is -0.0800. The molecule has 0 spiro atoms. The molecular formula is C19H39NO. The van der Waals surface area contributed by atoms with Gasteiger partial charge in [0.1, 0.15) is 0 Å². The molecule has 0 aromatic heterocycles. The monoisotopic (exact) mass is 297 g/mol. The summed E-state index contributed by atoms with van der Waals surface area (Å²) in [6, 6.07) is 0. The Morgan fingerprint density at radius 1 is 1.00 bits per heavy atom. The lowest BCUT2D eigenvalue weighted by atomic mass is 9.93. The largest absolute Gasteiger partial charge is 0.373 e. The second-order valence-corrected chi connectivity index (χ2v) is 7.00. The molecule has 1 N–H and O–H groups in total. The van der Waals surface area contributed by atoms with Crippen LogP contribution in [-0.4, -0.2) is 25.3 Å². The van der Waals surface area contributed by atoms with Gasteiger partial charge in [0, 0.05) is 6.54 Å². The number of ether oxygens (including phenoxy) is 1. The topological polar surface area (TPSA) is 21.3 Å². The summed E-state index contributed by atoms with van der Waals surface area (Å²) in [6.45, 7) is 10.0. The minimum atomic E-state index is 0.130. The molecule has 1 unspecified atom stereocenters. The molecular weight excluding hydrogens is 258 g/mol. The Labute approximate surface area is 133 Å². The average molecular weight is 298 g/mol. The van der Waals surface area contributed by atoms with E-state index in [9.17, 15) is 0 Å². The summed E-state index contributed by atoms with van der Waals surface area (Å²) in [5, 5.41) is 3.63. The fourth-order valence-electron chi connectivity index (χ4n) is 3.43. The summed E-state index contributed by atoms with van der Waals surface area (Å²) in [7, 11) is 0. The molecule has 0 amide bonds. The molecule has 0 aromatic rings. The molecule has 0 saturated heterocycles. The van der Waals surface area contributed by atoms with Crippen molar-refractivity contribution in [2.45, 2.75) is 97.0 Å².